The van der Waals surface area contributed by atoms with Gasteiger partial charge in [0.05, 0.1) is 37.9 Å². The molecule has 0 heterocycles. The molecule has 0 saturated carbocycles. The molecule has 4 atom stereocenters. The van der Waals surface area contributed by atoms with E-state index in [0.717, 1.165) is 5.56 Å². The Morgan fingerprint density at radius 1 is 1.00 bits per heavy atom. The number of nitrogens with two attached hydrogens (primary N) is 1. The number of rotatable bonds is 25. The number of ether oxygens (including phenoxy) is 3. The quantitative estimate of drug-likeness (QED) is 0.0672. The number of aliphatic hydroxyl groups excluding tert-OH is 1. The lowest BCUT2D eigenvalue weighted by Crippen LogP contribution is -2.49. The summed E-state index contributed by atoms with van der Waals surface area (Å²) in [6.45, 7) is 12.0. The molecule has 0 radical (unpaired) electrons. The van der Waals surface area contributed by atoms with E-state index in [1.807, 2.05) is 32.0 Å². The van der Waals surface area contributed by atoms with E-state index in [-0.39, 0.29) is 56.1 Å². The van der Waals surface area contributed by atoms with Gasteiger partial charge in [-0.15, -0.1) is 10.1 Å². The topological polar surface area (TPSA) is 202 Å². The summed E-state index contributed by atoms with van der Waals surface area (Å²) >= 11 is 0. The molecular formula is C34H58N4O10. The monoisotopic (exact) mass is 682 g/mol. The molecule has 0 aliphatic heterocycles. The van der Waals surface area contributed by atoms with Gasteiger partial charge >= 0.3 is 0 Å². The van der Waals surface area contributed by atoms with Crippen LogP contribution in [0.15, 0.2) is 18.2 Å². The SMILES string of the molecule is COCCCOc1cc(CC(CC(NC(=O)CCCO[N+](=O)[O-])C(O)CC(C(=O)NCC(C)(C)C(N)=O)C(C)C)C(C)C)ccc1OC. The summed E-state index contributed by atoms with van der Waals surface area (Å²) in [6.07, 6.45) is 0.770. The maximum absolute atomic E-state index is 13.3. The minimum Gasteiger partial charge on any atom is -0.493 e. The average molecular weight is 683 g/mol. The van der Waals surface area contributed by atoms with Crippen molar-refractivity contribution in [1.29, 1.82) is 0 Å². The Labute approximate surface area is 284 Å². The van der Waals surface area contributed by atoms with Gasteiger partial charge in [0.25, 0.3) is 5.09 Å². The molecule has 0 bridgehead atoms. The Morgan fingerprint density at radius 2 is 1.69 bits per heavy atom. The van der Waals surface area contributed by atoms with Crippen LogP contribution in [-0.4, -0.2) is 80.6 Å². The van der Waals surface area contributed by atoms with Crippen LogP contribution in [-0.2, 0) is 30.4 Å². The molecule has 3 amide bonds. The largest absolute Gasteiger partial charge is 0.493 e. The van der Waals surface area contributed by atoms with Gasteiger partial charge in [-0.05, 0) is 75.0 Å². The lowest BCUT2D eigenvalue weighted by Gasteiger charge is -2.33. The van der Waals surface area contributed by atoms with Crippen molar-refractivity contribution in [1.82, 2.24) is 10.6 Å². The van der Waals surface area contributed by atoms with Crippen LogP contribution in [0.3, 0.4) is 0 Å². The molecular weight excluding hydrogens is 624 g/mol. The third kappa shape index (κ3) is 15.5. The number of hydrogen-bond donors (Lipinski definition) is 4. The zero-order chi connectivity index (χ0) is 36.4. The van der Waals surface area contributed by atoms with Crippen molar-refractivity contribution in [3.05, 3.63) is 33.9 Å². The van der Waals surface area contributed by atoms with Crippen molar-refractivity contribution < 1.29 is 43.6 Å². The molecule has 0 aromatic heterocycles. The fourth-order valence-electron chi connectivity index (χ4n) is 5.16. The van der Waals surface area contributed by atoms with Crippen molar-refractivity contribution in [3.63, 3.8) is 0 Å². The summed E-state index contributed by atoms with van der Waals surface area (Å²) in [6, 6.07) is 5.03. The molecule has 1 aromatic rings. The number of benzene rings is 1. The minimum atomic E-state index is -1.09. The van der Waals surface area contributed by atoms with E-state index in [1.54, 1.807) is 28.1 Å². The highest BCUT2D eigenvalue weighted by molar-refractivity contribution is 5.83. The summed E-state index contributed by atoms with van der Waals surface area (Å²) in [7, 11) is 3.21. The Morgan fingerprint density at radius 3 is 2.25 bits per heavy atom. The number of primary amides is 1. The Bertz CT molecular complexity index is 1160. The minimum absolute atomic E-state index is 0.000182. The molecule has 0 saturated heterocycles. The van der Waals surface area contributed by atoms with Crippen LogP contribution < -0.4 is 25.8 Å². The second kappa shape index (κ2) is 21.3. The molecule has 274 valence electrons. The number of carbonyl (C=O) groups is 3. The van der Waals surface area contributed by atoms with Gasteiger partial charge in [0.2, 0.25) is 17.7 Å². The fraction of sp³-hybridized carbons (Fsp3) is 0.735. The predicted molar refractivity (Wildman–Crippen MR) is 181 cm³/mol. The third-order valence-electron chi connectivity index (χ3n) is 8.54. The summed E-state index contributed by atoms with van der Waals surface area (Å²) < 4.78 is 16.6. The predicted octanol–water partition coefficient (Wildman–Crippen LogP) is 3.44. The van der Waals surface area contributed by atoms with Gasteiger partial charge in [-0.1, -0.05) is 33.8 Å². The van der Waals surface area contributed by atoms with Crippen molar-refractivity contribution in [3.8, 4) is 11.5 Å². The molecule has 5 N–H and O–H groups in total. The van der Waals surface area contributed by atoms with Crippen LogP contribution in [0.2, 0.25) is 0 Å². The van der Waals surface area contributed by atoms with Crippen LogP contribution in [0, 0.1) is 39.2 Å². The van der Waals surface area contributed by atoms with Gasteiger partial charge in [0, 0.05) is 39.0 Å². The normalized spacial score (nSPS) is 14.1. The number of amides is 3. The second-order valence-corrected chi connectivity index (χ2v) is 13.6. The summed E-state index contributed by atoms with van der Waals surface area (Å²) in [5.41, 5.74) is 5.51. The molecule has 0 spiro atoms. The Balaban J connectivity index is 3.24. The van der Waals surface area contributed by atoms with Crippen molar-refractivity contribution >= 4 is 17.7 Å². The van der Waals surface area contributed by atoms with E-state index in [0.29, 0.717) is 44.0 Å². The summed E-state index contributed by atoms with van der Waals surface area (Å²) in [5, 5.41) is 26.9. The standard InChI is InChI=1S/C34H58N4O10/c1-22(2)25(17-24-12-13-29(46-8)30(18-24)47-15-10-14-45-7)19-27(37-31(40)11-9-16-48-38(43)44)28(39)20-26(23(3)4)32(41)36-21-34(5,6)33(35)42/h12-13,18,22-23,25-28,39H,9-11,14-17,19-21H2,1-8H3,(H2,35,42)(H,36,41)(H,37,40). The highest BCUT2D eigenvalue weighted by Crippen LogP contribution is 2.32. The maximum atomic E-state index is 13.3. The first-order valence-electron chi connectivity index (χ1n) is 16.6. The highest BCUT2D eigenvalue weighted by atomic mass is 16.9. The van der Waals surface area contributed by atoms with Gasteiger partial charge < -0.3 is 40.5 Å². The van der Waals surface area contributed by atoms with E-state index < -0.39 is 40.4 Å². The molecule has 0 aliphatic rings. The smallest absolute Gasteiger partial charge is 0.294 e. The average Bonchev–Trinajstić information content (AvgIpc) is 3.01. The molecule has 14 heteroatoms. The molecule has 14 nitrogen and oxygen atoms in total. The molecule has 0 fully saturated rings. The first kappa shape index (κ1) is 42.4. The van der Waals surface area contributed by atoms with Gasteiger partial charge in [0.1, 0.15) is 0 Å². The van der Waals surface area contributed by atoms with Crippen LogP contribution >= 0.6 is 0 Å². The van der Waals surface area contributed by atoms with Gasteiger partial charge in [-0.25, -0.2) is 0 Å². The van der Waals surface area contributed by atoms with Crippen molar-refractivity contribution in [2.24, 2.45) is 34.8 Å². The molecule has 0 aliphatic carbocycles. The van der Waals surface area contributed by atoms with Crippen LogP contribution in [0.1, 0.15) is 79.2 Å². The number of nitrogens with zero attached hydrogens (tertiary/aromatic N) is 1. The van der Waals surface area contributed by atoms with E-state index in [9.17, 15) is 29.6 Å². The van der Waals surface area contributed by atoms with E-state index in [4.69, 9.17) is 19.9 Å². The molecule has 1 aromatic carbocycles. The van der Waals surface area contributed by atoms with Crippen LogP contribution in [0.4, 0.5) is 0 Å². The summed E-state index contributed by atoms with van der Waals surface area (Å²) in [4.78, 5) is 52.9. The Kier molecular flexibility index (Phi) is 18.8. The Hall–Kier alpha value is -3.65. The first-order valence-corrected chi connectivity index (χ1v) is 16.6. The number of aliphatic hydroxyl groups is 1. The fourth-order valence-corrected chi connectivity index (χ4v) is 5.16. The zero-order valence-electron chi connectivity index (χ0n) is 29.9. The second-order valence-electron chi connectivity index (χ2n) is 13.6. The van der Waals surface area contributed by atoms with E-state index >= 15 is 0 Å². The number of hydrogen-bond acceptors (Lipinski definition) is 10. The van der Waals surface area contributed by atoms with Crippen molar-refractivity contribution in [2.45, 2.75) is 92.2 Å². The third-order valence-corrected chi connectivity index (χ3v) is 8.54. The van der Waals surface area contributed by atoms with Gasteiger partial charge in [0.15, 0.2) is 11.5 Å². The number of carbonyl (C=O) groups excluding carboxylic acids is 3. The van der Waals surface area contributed by atoms with E-state index in [2.05, 4.69) is 29.3 Å². The highest BCUT2D eigenvalue weighted by Gasteiger charge is 2.33. The lowest BCUT2D eigenvalue weighted by molar-refractivity contribution is -0.757. The van der Waals surface area contributed by atoms with Crippen LogP contribution in [0.5, 0.6) is 11.5 Å². The van der Waals surface area contributed by atoms with Crippen LogP contribution in [0.25, 0.3) is 0 Å². The number of nitrogens with one attached hydrogen (secondary N) is 2. The number of methoxy groups -OCH3 is 2. The molecule has 48 heavy (non-hydrogen) atoms. The van der Waals surface area contributed by atoms with E-state index in [1.165, 1.54) is 0 Å². The first-order chi connectivity index (χ1) is 22.5. The van der Waals surface area contributed by atoms with Gasteiger partial charge in [-0.2, -0.15) is 0 Å². The van der Waals surface area contributed by atoms with Crippen molar-refractivity contribution in [2.75, 3.05) is 40.6 Å². The molecule has 1 rings (SSSR count). The lowest BCUT2D eigenvalue weighted by atomic mass is 9.80. The maximum Gasteiger partial charge on any atom is 0.294 e. The summed E-state index contributed by atoms with van der Waals surface area (Å²) in [5.74, 6) is -0.661. The zero-order valence-corrected chi connectivity index (χ0v) is 29.9. The molecule has 4 unspecified atom stereocenters. The van der Waals surface area contributed by atoms with Gasteiger partial charge in [-0.3, -0.25) is 14.4 Å².